The zero-order valence-electron chi connectivity index (χ0n) is 21.9. The van der Waals surface area contributed by atoms with E-state index in [1.165, 1.54) is 12.8 Å². The topological polar surface area (TPSA) is 73.0 Å². The molecule has 0 saturated carbocycles. The molecule has 2 atom stereocenters. The molecule has 3 heterocycles. The number of hydrogen-bond acceptors (Lipinski definition) is 4. The Labute approximate surface area is 220 Å². The first-order valence-corrected chi connectivity index (χ1v) is 13.8. The number of hydrogen-bond donors (Lipinski definition) is 3. The number of likely N-dealkylation sites (tertiary alicyclic amines) is 1. The number of nitrogens with one attached hydrogen (secondary N) is 3. The molecule has 0 spiro atoms. The van der Waals surface area contributed by atoms with Crippen molar-refractivity contribution in [2.75, 3.05) is 32.7 Å². The molecule has 37 heavy (non-hydrogen) atoms. The number of H-pyrrole nitrogens is 1. The maximum absolute atomic E-state index is 13.3. The summed E-state index contributed by atoms with van der Waals surface area (Å²) in [7, 11) is 0. The quantitative estimate of drug-likeness (QED) is 0.381. The van der Waals surface area contributed by atoms with Crippen molar-refractivity contribution in [1.29, 1.82) is 0 Å². The van der Waals surface area contributed by atoms with E-state index in [1.807, 2.05) is 36.4 Å². The van der Waals surface area contributed by atoms with E-state index in [0.717, 1.165) is 80.6 Å². The largest absolute Gasteiger partial charge is 0.348 e. The van der Waals surface area contributed by atoms with Gasteiger partial charge in [0.15, 0.2) is 0 Å². The van der Waals surface area contributed by atoms with E-state index < -0.39 is 0 Å². The van der Waals surface area contributed by atoms with Crippen molar-refractivity contribution in [3.05, 3.63) is 77.2 Å². The molecule has 0 bridgehead atoms. The Morgan fingerprint density at radius 1 is 1.30 bits per heavy atom. The van der Waals surface area contributed by atoms with Crippen molar-refractivity contribution in [3.8, 4) is 0 Å². The molecule has 3 N–H and O–H groups in total. The molecule has 1 aromatic heterocycles. The first-order valence-electron chi connectivity index (χ1n) is 13.8. The Morgan fingerprint density at radius 2 is 2.24 bits per heavy atom. The molecule has 2 aliphatic heterocycles. The van der Waals surface area contributed by atoms with Gasteiger partial charge >= 0.3 is 0 Å². The van der Waals surface area contributed by atoms with Gasteiger partial charge in [0, 0.05) is 42.2 Å². The molecule has 1 fully saturated rings. The highest BCUT2D eigenvalue weighted by Crippen LogP contribution is 2.26. The van der Waals surface area contributed by atoms with Crippen LogP contribution in [0.1, 0.15) is 61.5 Å². The fourth-order valence-corrected chi connectivity index (χ4v) is 5.59. The van der Waals surface area contributed by atoms with Gasteiger partial charge in [0.2, 0.25) is 0 Å². The van der Waals surface area contributed by atoms with Gasteiger partial charge in [-0.15, -0.1) is 5.73 Å². The summed E-state index contributed by atoms with van der Waals surface area (Å²) in [5.74, 6) is 0.697. The lowest BCUT2D eigenvalue weighted by atomic mass is 9.99. The molecule has 1 amide bonds. The molecule has 5 rings (SSSR count). The second-order valence-electron chi connectivity index (χ2n) is 10.7. The summed E-state index contributed by atoms with van der Waals surface area (Å²) in [5.41, 5.74) is 8.21. The average Bonchev–Trinajstić information content (AvgIpc) is 3.01. The standard InChI is InChI=1S/C31H39N5O/c1-23-19-24(14-16-32-21-23)15-18-36-17-8-7-11-27(22-36)33-31(37)26-12-13-29-28(20-26)30(35-34-29)25-9-5-3-2-4-6-10-25/h2,5-6,9-10,12-14,20,23,27,32H,3,7-8,11,15-19,21-22H2,1H3,(H,33,37)(H,34,35)/b9-5?,25-10+. The molecule has 6 nitrogen and oxygen atoms in total. The molecule has 1 saturated heterocycles. The third-order valence-corrected chi connectivity index (χ3v) is 7.61. The number of carbonyl (C=O) groups is 1. The normalized spacial score (nSPS) is 24.5. The summed E-state index contributed by atoms with van der Waals surface area (Å²) in [5, 5.41) is 15.5. The van der Waals surface area contributed by atoms with Gasteiger partial charge in [-0.3, -0.25) is 9.89 Å². The first-order chi connectivity index (χ1) is 18.2. The molecule has 6 heteroatoms. The van der Waals surface area contributed by atoms with Gasteiger partial charge in [0.25, 0.3) is 5.91 Å². The summed E-state index contributed by atoms with van der Waals surface area (Å²) in [6.07, 6.45) is 19.0. The smallest absolute Gasteiger partial charge is 0.251 e. The number of aromatic nitrogens is 2. The van der Waals surface area contributed by atoms with Crippen LogP contribution in [0.4, 0.5) is 0 Å². The lowest BCUT2D eigenvalue weighted by Gasteiger charge is -2.25. The average molecular weight is 498 g/mol. The number of nitrogens with zero attached hydrogens (tertiary/aromatic N) is 2. The number of amides is 1. The monoisotopic (exact) mass is 497 g/mol. The number of allylic oxidation sites excluding steroid dienone is 5. The molecular formula is C31H39N5O. The van der Waals surface area contributed by atoms with E-state index in [-0.39, 0.29) is 11.9 Å². The molecule has 1 aromatic carbocycles. The predicted molar refractivity (Wildman–Crippen MR) is 151 cm³/mol. The first kappa shape index (κ1) is 25.5. The highest BCUT2D eigenvalue weighted by atomic mass is 16.1. The van der Waals surface area contributed by atoms with E-state index in [1.54, 1.807) is 5.57 Å². The van der Waals surface area contributed by atoms with Crippen LogP contribution in [0.3, 0.4) is 0 Å². The molecule has 194 valence electrons. The van der Waals surface area contributed by atoms with Crippen LogP contribution in [0.15, 0.2) is 66.0 Å². The van der Waals surface area contributed by atoms with Gasteiger partial charge < -0.3 is 15.5 Å². The van der Waals surface area contributed by atoms with Gasteiger partial charge in [0.05, 0.1) is 11.2 Å². The Balaban J connectivity index is 1.25. The number of benzene rings is 1. The second-order valence-corrected chi connectivity index (χ2v) is 10.7. The van der Waals surface area contributed by atoms with Gasteiger partial charge in [-0.05, 0) is 87.5 Å². The summed E-state index contributed by atoms with van der Waals surface area (Å²) in [6, 6.07) is 6.00. The molecule has 2 unspecified atom stereocenters. The van der Waals surface area contributed by atoms with Crippen LogP contribution in [0.2, 0.25) is 0 Å². The van der Waals surface area contributed by atoms with Crippen molar-refractivity contribution in [3.63, 3.8) is 0 Å². The fraction of sp³-hybridized carbons (Fsp3) is 0.452. The zero-order chi connectivity index (χ0) is 25.5. The van der Waals surface area contributed by atoms with E-state index in [0.29, 0.717) is 11.5 Å². The summed E-state index contributed by atoms with van der Waals surface area (Å²) in [4.78, 5) is 15.9. The molecule has 3 aliphatic rings. The zero-order valence-corrected chi connectivity index (χ0v) is 21.9. The minimum Gasteiger partial charge on any atom is -0.348 e. The lowest BCUT2D eigenvalue weighted by Crippen LogP contribution is -2.43. The van der Waals surface area contributed by atoms with Crippen molar-refractivity contribution in [1.82, 2.24) is 25.7 Å². The van der Waals surface area contributed by atoms with Crippen LogP contribution in [-0.4, -0.2) is 59.8 Å². The van der Waals surface area contributed by atoms with E-state index in [2.05, 4.69) is 56.6 Å². The molecular weight excluding hydrogens is 458 g/mol. The van der Waals surface area contributed by atoms with Crippen LogP contribution in [-0.2, 0) is 0 Å². The van der Waals surface area contributed by atoms with Crippen LogP contribution < -0.4 is 10.6 Å². The number of carbonyl (C=O) groups excluding carboxylic acids is 1. The Bertz CT molecular complexity index is 1260. The Hall–Kier alpha value is -3.18. The molecule has 0 radical (unpaired) electrons. The highest BCUT2D eigenvalue weighted by Gasteiger charge is 2.22. The maximum Gasteiger partial charge on any atom is 0.251 e. The van der Waals surface area contributed by atoms with Crippen molar-refractivity contribution in [2.45, 2.75) is 51.5 Å². The van der Waals surface area contributed by atoms with Gasteiger partial charge in [-0.25, -0.2) is 0 Å². The van der Waals surface area contributed by atoms with Crippen molar-refractivity contribution in [2.24, 2.45) is 5.92 Å². The Morgan fingerprint density at radius 3 is 3.19 bits per heavy atom. The lowest BCUT2D eigenvalue weighted by molar-refractivity contribution is 0.0926. The van der Waals surface area contributed by atoms with Crippen LogP contribution in [0.5, 0.6) is 0 Å². The third kappa shape index (κ3) is 6.78. The van der Waals surface area contributed by atoms with Crippen LogP contribution >= 0.6 is 0 Å². The van der Waals surface area contributed by atoms with Gasteiger partial charge in [-0.1, -0.05) is 37.1 Å². The van der Waals surface area contributed by atoms with E-state index >= 15 is 0 Å². The Kier molecular flexibility index (Phi) is 8.52. The minimum atomic E-state index is -0.00251. The number of aromatic amines is 1. The highest BCUT2D eigenvalue weighted by molar-refractivity contribution is 6.01. The molecule has 1 aliphatic carbocycles. The van der Waals surface area contributed by atoms with Crippen LogP contribution in [0, 0.1) is 5.92 Å². The molecule has 2 aromatic rings. The maximum atomic E-state index is 13.3. The number of fused-ring (bicyclic) bond motifs is 1. The summed E-state index contributed by atoms with van der Waals surface area (Å²) >= 11 is 0. The number of rotatable bonds is 6. The van der Waals surface area contributed by atoms with E-state index in [9.17, 15) is 4.79 Å². The minimum absolute atomic E-state index is 0.00251. The van der Waals surface area contributed by atoms with Gasteiger partial charge in [0.1, 0.15) is 0 Å². The summed E-state index contributed by atoms with van der Waals surface area (Å²) < 4.78 is 0. The van der Waals surface area contributed by atoms with Crippen molar-refractivity contribution >= 4 is 22.4 Å². The third-order valence-electron chi connectivity index (χ3n) is 7.61. The van der Waals surface area contributed by atoms with Crippen molar-refractivity contribution < 1.29 is 4.79 Å². The van der Waals surface area contributed by atoms with Gasteiger partial charge in [-0.2, -0.15) is 5.10 Å². The van der Waals surface area contributed by atoms with Crippen LogP contribution in [0.25, 0.3) is 16.5 Å². The summed E-state index contributed by atoms with van der Waals surface area (Å²) in [6.45, 7) is 7.53. The second kappa shape index (κ2) is 12.4. The van der Waals surface area contributed by atoms with E-state index in [4.69, 9.17) is 0 Å². The SMILES string of the molecule is CC1CNCC=C(CCN2CCCCC(NC(=O)c3ccc4[nH]nc(/C5=C/C=C=CCC=C5)c4c3)C2)C1. The fourth-order valence-electron chi connectivity index (χ4n) is 5.59. The predicted octanol–water partition coefficient (Wildman–Crippen LogP) is 5.15.